The topological polar surface area (TPSA) is 65.3 Å². The highest BCUT2D eigenvalue weighted by atomic mass is 16.4. The van der Waals surface area contributed by atoms with Gasteiger partial charge >= 0.3 is 5.97 Å². The minimum absolute atomic E-state index is 0.250. The standard InChI is InChI=1S/C20H23N3O2/c1-2-3-12-23-13-4-5-16-14-18(10-11-19(16)23)22-21-17-8-6-15(7-9-17)20(24)25/h6-11,14H,2-5,12-13H2,1H3,(H,24,25). The smallest absolute Gasteiger partial charge is 0.335 e. The molecule has 0 saturated carbocycles. The number of nitrogens with zero attached hydrogens (tertiary/aromatic N) is 3. The predicted molar refractivity (Wildman–Crippen MR) is 99.5 cm³/mol. The molecule has 0 saturated heterocycles. The second-order valence-corrected chi connectivity index (χ2v) is 6.31. The van der Waals surface area contributed by atoms with Gasteiger partial charge in [0.25, 0.3) is 0 Å². The van der Waals surface area contributed by atoms with Crippen LogP contribution in [0.3, 0.4) is 0 Å². The Morgan fingerprint density at radius 3 is 2.56 bits per heavy atom. The Hall–Kier alpha value is -2.69. The number of unbranched alkanes of at least 4 members (excludes halogenated alkanes) is 1. The van der Waals surface area contributed by atoms with Gasteiger partial charge in [-0.2, -0.15) is 10.2 Å². The van der Waals surface area contributed by atoms with Crippen molar-refractivity contribution in [3.63, 3.8) is 0 Å². The lowest BCUT2D eigenvalue weighted by atomic mass is 10.0. The van der Waals surface area contributed by atoms with Crippen LogP contribution >= 0.6 is 0 Å². The summed E-state index contributed by atoms with van der Waals surface area (Å²) in [4.78, 5) is 13.3. The molecule has 1 aliphatic heterocycles. The van der Waals surface area contributed by atoms with E-state index in [0.29, 0.717) is 5.69 Å². The van der Waals surface area contributed by atoms with E-state index in [1.54, 1.807) is 12.1 Å². The molecule has 0 bridgehead atoms. The maximum absolute atomic E-state index is 10.9. The van der Waals surface area contributed by atoms with Crippen molar-refractivity contribution in [1.82, 2.24) is 0 Å². The lowest BCUT2D eigenvalue weighted by molar-refractivity contribution is 0.0697. The maximum atomic E-state index is 10.9. The van der Waals surface area contributed by atoms with Crippen molar-refractivity contribution >= 4 is 23.0 Å². The second kappa shape index (κ2) is 7.92. The quantitative estimate of drug-likeness (QED) is 0.722. The molecule has 0 aliphatic carbocycles. The van der Waals surface area contributed by atoms with Crippen LogP contribution in [-0.4, -0.2) is 24.2 Å². The SMILES string of the molecule is CCCCN1CCCc2cc(N=Nc3ccc(C(=O)O)cc3)ccc21. The summed E-state index contributed by atoms with van der Waals surface area (Å²) < 4.78 is 0. The molecule has 0 radical (unpaired) electrons. The van der Waals surface area contributed by atoms with Gasteiger partial charge < -0.3 is 10.0 Å². The Kier molecular flexibility index (Phi) is 5.43. The largest absolute Gasteiger partial charge is 0.478 e. The number of azo groups is 1. The average Bonchev–Trinajstić information content (AvgIpc) is 2.64. The highest BCUT2D eigenvalue weighted by Crippen LogP contribution is 2.31. The molecular formula is C20H23N3O2. The lowest BCUT2D eigenvalue weighted by Gasteiger charge is -2.31. The predicted octanol–water partition coefficient (Wildman–Crippen LogP) is 5.35. The lowest BCUT2D eigenvalue weighted by Crippen LogP contribution is -2.30. The molecule has 25 heavy (non-hydrogen) atoms. The number of hydrogen-bond donors (Lipinski definition) is 1. The molecule has 1 heterocycles. The van der Waals surface area contributed by atoms with Crippen molar-refractivity contribution in [1.29, 1.82) is 0 Å². The monoisotopic (exact) mass is 337 g/mol. The van der Waals surface area contributed by atoms with Gasteiger partial charge in [-0.3, -0.25) is 0 Å². The van der Waals surface area contributed by atoms with Crippen molar-refractivity contribution in [3.8, 4) is 0 Å². The van der Waals surface area contributed by atoms with E-state index in [0.717, 1.165) is 25.2 Å². The number of benzene rings is 2. The summed E-state index contributed by atoms with van der Waals surface area (Å²) in [5.74, 6) is -0.939. The summed E-state index contributed by atoms with van der Waals surface area (Å²) >= 11 is 0. The van der Waals surface area contributed by atoms with Crippen LogP contribution in [0.4, 0.5) is 17.1 Å². The minimum atomic E-state index is -0.939. The van der Waals surface area contributed by atoms with Crippen molar-refractivity contribution in [3.05, 3.63) is 53.6 Å². The first-order valence-electron chi connectivity index (χ1n) is 8.80. The van der Waals surface area contributed by atoms with Crippen LogP contribution in [-0.2, 0) is 6.42 Å². The molecule has 130 valence electrons. The number of rotatable bonds is 6. The summed E-state index contributed by atoms with van der Waals surface area (Å²) in [6.07, 6.45) is 4.68. The molecule has 2 aromatic carbocycles. The summed E-state index contributed by atoms with van der Waals surface area (Å²) in [6.45, 7) is 4.46. The molecule has 1 aliphatic rings. The molecule has 0 unspecified atom stereocenters. The fraction of sp³-hybridized carbons (Fsp3) is 0.350. The molecule has 0 amide bonds. The number of carbonyl (C=O) groups is 1. The summed E-state index contributed by atoms with van der Waals surface area (Å²) in [7, 11) is 0. The Labute approximate surface area is 148 Å². The molecular weight excluding hydrogens is 314 g/mol. The Balaban J connectivity index is 1.74. The zero-order valence-corrected chi connectivity index (χ0v) is 14.5. The highest BCUT2D eigenvalue weighted by Gasteiger charge is 2.16. The number of aryl methyl sites for hydroxylation is 1. The minimum Gasteiger partial charge on any atom is -0.478 e. The van der Waals surface area contributed by atoms with Crippen molar-refractivity contribution < 1.29 is 9.90 Å². The molecule has 0 aromatic heterocycles. The highest BCUT2D eigenvalue weighted by molar-refractivity contribution is 5.87. The van der Waals surface area contributed by atoms with Crippen LogP contribution in [0.1, 0.15) is 42.1 Å². The van der Waals surface area contributed by atoms with Gasteiger partial charge in [-0.15, -0.1) is 0 Å². The molecule has 5 nitrogen and oxygen atoms in total. The third kappa shape index (κ3) is 4.24. The Bertz CT molecular complexity index is 769. The van der Waals surface area contributed by atoms with Gasteiger partial charge in [-0.25, -0.2) is 4.79 Å². The number of hydrogen-bond acceptors (Lipinski definition) is 4. The normalized spacial score (nSPS) is 13.9. The summed E-state index contributed by atoms with van der Waals surface area (Å²) in [5, 5.41) is 17.4. The first-order chi connectivity index (χ1) is 12.2. The Morgan fingerprint density at radius 1 is 1.12 bits per heavy atom. The van der Waals surface area contributed by atoms with Gasteiger partial charge in [0.05, 0.1) is 16.9 Å². The van der Waals surface area contributed by atoms with Crippen LogP contribution in [0.2, 0.25) is 0 Å². The summed E-state index contributed by atoms with van der Waals surface area (Å²) in [5.41, 5.74) is 4.38. The van der Waals surface area contributed by atoms with E-state index in [-0.39, 0.29) is 5.56 Å². The third-order valence-electron chi connectivity index (χ3n) is 4.45. The van der Waals surface area contributed by atoms with Crippen LogP contribution in [0.5, 0.6) is 0 Å². The van der Waals surface area contributed by atoms with E-state index in [1.807, 2.05) is 6.07 Å². The van der Waals surface area contributed by atoms with Gasteiger partial charge in [-0.1, -0.05) is 13.3 Å². The fourth-order valence-electron chi connectivity index (χ4n) is 3.09. The van der Waals surface area contributed by atoms with Crippen molar-refractivity contribution in [2.75, 3.05) is 18.0 Å². The number of aromatic carboxylic acids is 1. The van der Waals surface area contributed by atoms with E-state index in [1.165, 1.54) is 42.6 Å². The number of anilines is 1. The van der Waals surface area contributed by atoms with Crippen LogP contribution in [0, 0.1) is 0 Å². The van der Waals surface area contributed by atoms with E-state index in [4.69, 9.17) is 5.11 Å². The molecule has 0 spiro atoms. The van der Waals surface area contributed by atoms with Crippen LogP contribution < -0.4 is 4.90 Å². The number of carboxylic acid groups (broad SMARTS) is 1. The van der Waals surface area contributed by atoms with Gasteiger partial charge in [0.2, 0.25) is 0 Å². The fourth-order valence-corrected chi connectivity index (χ4v) is 3.09. The van der Waals surface area contributed by atoms with Crippen molar-refractivity contribution in [2.45, 2.75) is 32.6 Å². The third-order valence-corrected chi connectivity index (χ3v) is 4.45. The second-order valence-electron chi connectivity index (χ2n) is 6.31. The van der Waals surface area contributed by atoms with Gasteiger partial charge in [0.1, 0.15) is 0 Å². The Morgan fingerprint density at radius 2 is 1.84 bits per heavy atom. The molecule has 2 aromatic rings. The molecule has 1 N–H and O–H groups in total. The van der Waals surface area contributed by atoms with E-state index < -0.39 is 5.97 Å². The zero-order valence-electron chi connectivity index (χ0n) is 14.5. The number of fused-ring (bicyclic) bond motifs is 1. The maximum Gasteiger partial charge on any atom is 0.335 e. The van der Waals surface area contributed by atoms with E-state index in [9.17, 15) is 4.79 Å². The molecule has 5 heteroatoms. The first-order valence-corrected chi connectivity index (χ1v) is 8.80. The van der Waals surface area contributed by atoms with Gasteiger partial charge in [0, 0.05) is 18.8 Å². The summed E-state index contributed by atoms with van der Waals surface area (Å²) in [6, 6.07) is 12.7. The number of carboxylic acids is 1. The molecule has 0 fully saturated rings. The van der Waals surface area contributed by atoms with E-state index >= 15 is 0 Å². The van der Waals surface area contributed by atoms with Gasteiger partial charge in [-0.05, 0) is 67.3 Å². The van der Waals surface area contributed by atoms with E-state index in [2.05, 4.69) is 34.2 Å². The van der Waals surface area contributed by atoms with Gasteiger partial charge in [0.15, 0.2) is 0 Å². The first kappa shape index (κ1) is 17.1. The average molecular weight is 337 g/mol. The van der Waals surface area contributed by atoms with Crippen LogP contribution in [0.15, 0.2) is 52.7 Å². The van der Waals surface area contributed by atoms with Crippen molar-refractivity contribution in [2.24, 2.45) is 10.2 Å². The molecule has 0 atom stereocenters. The molecule has 3 rings (SSSR count). The zero-order chi connectivity index (χ0) is 17.6. The van der Waals surface area contributed by atoms with Crippen LogP contribution in [0.25, 0.3) is 0 Å².